The summed E-state index contributed by atoms with van der Waals surface area (Å²) in [6.07, 6.45) is 1.82. The lowest BCUT2D eigenvalue weighted by Gasteiger charge is -2.37. The number of benzene rings is 1. The smallest absolute Gasteiger partial charge is 0.310 e. The van der Waals surface area contributed by atoms with E-state index in [4.69, 9.17) is 11.6 Å². The second kappa shape index (κ2) is 5.35. The molecule has 0 unspecified atom stereocenters. The van der Waals surface area contributed by atoms with Crippen molar-refractivity contribution in [1.29, 1.82) is 0 Å². The number of rotatable bonds is 5. The molecular weight excluding hydrogens is 302 g/mol. The number of aliphatic carboxylic acids is 1. The number of carbonyl (C=O) groups is 1. The number of hydrogen-bond donors (Lipinski definition) is 2. The van der Waals surface area contributed by atoms with Gasteiger partial charge in [0.25, 0.3) is 0 Å². The van der Waals surface area contributed by atoms with Crippen molar-refractivity contribution in [3.05, 3.63) is 28.8 Å². The van der Waals surface area contributed by atoms with Crippen LogP contribution in [0.3, 0.4) is 0 Å². The fourth-order valence-electron chi connectivity index (χ4n) is 2.30. The predicted octanol–water partition coefficient (Wildman–Crippen LogP) is 2.18. The predicted molar refractivity (Wildman–Crippen MR) is 75.3 cm³/mol. The quantitative estimate of drug-likeness (QED) is 0.872. The Hall–Kier alpha value is -1.11. The summed E-state index contributed by atoms with van der Waals surface area (Å²) in [5.74, 6) is -0.945. The van der Waals surface area contributed by atoms with Gasteiger partial charge in [-0.25, -0.2) is 13.1 Å². The third-order valence-electron chi connectivity index (χ3n) is 3.79. The van der Waals surface area contributed by atoms with Crippen LogP contribution in [-0.2, 0) is 14.8 Å². The van der Waals surface area contributed by atoms with E-state index in [-0.39, 0.29) is 11.4 Å². The molecule has 1 aromatic carbocycles. The number of sulfonamides is 1. The molecular formula is C13H16ClNO4S. The zero-order valence-electron chi connectivity index (χ0n) is 11.0. The fourth-order valence-corrected chi connectivity index (χ4v) is 3.87. The molecule has 2 rings (SSSR count). The summed E-state index contributed by atoms with van der Waals surface area (Å²) in [5.41, 5.74) is -0.420. The van der Waals surface area contributed by atoms with E-state index in [2.05, 4.69) is 4.72 Å². The summed E-state index contributed by atoms with van der Waals surface area (Å²) in [6, 6.07) is 4.49. The summed E-state index contributed by atoms with van der Waals surface area (Å²) in [5, 5.41) is 9.65. The molecule has 1 fully saturated rings. The van der Waals surface area contributed by atoms with Gasteiger partial charge in [0.1, 0.15) is 0 Å². The molecule has 0 spiro atoms. The molecule has 0 saturated heterocycles. The number of hydrogen-bond acceptors (Lipinski definition) is 3. The van der Waals surface area contributed by atoms with E-state index in [1.165, 1.54) is 12.1 Å². The molecule has 0 aliphatic heterocycles. The Morgan fingerprint density at radius 2 is 2.10 bits per heavy atom. The highest BCUT2D eigenvalue weighted by molar-refractivity contribution is 7.89. The third-order valence-corrected chi connectivity index (χ3v) is 5.59. The first-order chi connectivity index (χ1) is 9.27. The molecule has 0 radical (unpaired) electrons. The monoisotopic (exact) mass is 317 g/mol. The Kier molecular flexibility index (Phi) is 4.09. The first kappa shape index (κ1) is 15.3. The Morgan fingerprint density at radius 1 is 1.45 bits per heavy atom. The standard InChI is InChI=1S/C13H16ClNO4S/c1-9-7-10(14)3-4-11(9)20(18,19)15-8-13(12(16)17)5-2-6-13/h3-4,7,15H,2,5-6,8H2,1H3,(H,16,17). The Morgan fingerprint density at radius 3 is 2.55 bits per heavy atom. The average molecular weight is 318 g/mol. The summed E-state index contributed by atoms with van der Waals surface area (Å²) >= 11 is 5.80. The van der Waals surface area contributed by atoms with Crippen LogP contribution >= 0.6 is 11.6 Å². The van der Waals surface area contributed by atoms with Crippen molar-refractivity contribution >= 4 is 27.6 Å². The first-order valence-corrected chi connectivity index (χ1v) is 8.12. The van der Waals surface area contributed by atoms with E-state index in [9.17, 15) is 18.3 Å². The van der Waals surface area contributed by atoms with Crippen molar-refractivity contribution in [3.63, 3.8) is 0 Å². The van der Waals surface area contributed by atoms with Crippen LogP contribution in [0.25, 0.3) is 0 Å². The molecule has 1 aromatic rings. The van der Waals surface area contributed by atoms with E-state index in [0.29, 0.717) is 23.4 Å². The van der Waals surface area contributed by atoms with Gasteiger partial charge in [-0.1, -0.05) is 18.0 Å². The topological polar surface area (TPSA) is 83.5 Å². The minimum absolute atomic E-state index is 0.0767. The lowest BCUT2D eigenvalue weighted by molar-refractivity contribution is -0.153. The van der Waals surface area contributed by atoms with Crippen LogP contribution in [0.4, 0.5) is 0 Å². The van der Waals surface area contributed by atoms with E-state index in [1.54, 1.807) is 13.0 Å². The van der Waals surface area contributed by atoms with Gasteiger partial charge in [0, 0.05) is 11.6 Å². The minimum atomic E-state index is -3.72. The van der Waals surface area contributed by atoms with E-state index in [0.717, 1.165) is 6.42 Å². The van der Waals surface area contributed by atoms with Crippen LogP contribution in [0, 0.1) is 12.3 Å². The molecule has 0 bridgehead atoms. The molecule has 20 heavy (non-hydrogen) atoms. The maximum Gasteiger partial charge on any atom is 0.310 e. The number of carboxylic acid groups (broad SMARTS) is 1. The molecule has 1 aliphatic carbocycles. The van der Waals surface area contributed by atoms with Gasteiger partial charge in [0.2, 0.25) is 10.0 Å². The normalized spacial score (nSPS) is 17.5. The number of halogens is 1. The van der Waals surface area contributed by atoms with E-state index in [1.807, 2.05) is 0 Å². The second-order valence-corrected chi connectivity index (χ2v) is 7.35. The van der Waals surface area contributed by atoms with Crippen LogP contribution in [0.1, 0.15) is 24.8 Å². The minimum Gasteiger partial charge on any atom is -0.481 e. The number of carboxylic acids is 1. The molecule has 1 saturated carbocycles. The van der Waals surface area contributed by atoms with Crippen LogP contribution in [0.15, 0.2) is 23.1 Å². The van der Waals surface area contributed by atoms with Crippen molar-refractivity contribution in [2.24, 2.45) is 5.41 Å². The van der Waals surface area contributed by atoms with Crippen LogP contribution in [-0.4, -0.2) is 26.0 Å². The van der Waals surface area contributed by atoms with Crippen molar-refractivity contribution in [2.45, 2.75) is 31.1 Å². The zero-order valence-corrected chi connectivity index (χ0v) is 12.6. The van der Waals surface area contributed by atoms with Crippen molar-refractivity contribution in [2.75, 3.05) is 6.54 Å². The Balaban J connectivity index is 2.17. The van der Waals surface area contributed by atoms with Crippen molar-refractivity contribution in [1.82, 2.24) is 4.72 Å². The summed E-state index contributed by atoms with van der Waals surface area (Å²) < 4.78 is 26.9. The highest BCUT2D eigenvalue weighted by atomic mass is 35.5. The molecule has 2 N–H and O–H groups in total. The van der Waals surface area contributed by atoms with Gasteiger partial charge in [0.15, 0.2) is 0 Å². The molecule has 0 atom stereocenters. The van der Waals surface area contributed by atoms with Crippen LogP contribution < -0.4 is 4.72 Å². The fraction of sp³-hybridized carbons (Fsp3) is 0.462. The molecule has 110 valence electrons. The summed E-state index contributed by atoms with van der Waals surface area (Å²) in [6.45, 7) is 1.57. The Bertz CT molecular complexity index is 638. The van der Waals surface area contributed by atoms with Gasteiger partial charge in [-0.2, -0.15) is 0 Å². The lowest BCUT2D eigenvalue weighted by atomic mass is 9.69. The maximum atomic E-state index is 12.2. The Labute approximate surface area is 123 Å². The van der Waals surface area contributed by atoms with Crippen molar-refractivity contribution in [3.8, 4) is 0 Å². The van der Waals surface area contributed by atoms with Gasteiger partial charge >= 0.3 is 5.97 Å². The number of nitrogens with one attached hydrogen (secondary N) is 1. The highest BCUT2D eigenvalue weighted by Gasteiger charge is 2.45. The maximum absolute atomic E-state index is 12.2. The molecule has 0 heterocycles. The molecule has 7 heteroatoms. The van der Waals surface area contributed by atoms with Gasteiger partial charge in [-0.05, 0) is 43.5 Å². The SMILES string of the molecule is Cc1cc(Cl)ccc1S(=O)(=O)NCC1(C(=O)O)CCC1. The molecule has 5 nitrogen and oxygen atoms in total. The lowest BCUT2D eigenvalue weighted by Crippen LogP contribution is -2.47. The largest absolute Gasteiger partial charge is 0.481 e. The average Bonchev–Trinajstić information content (AvgIpc) is 2.25. The number of aryl methyl sites for hydroxylation is 1. The van der Waals surface area contributed by atoms with Gasteiger partial charge in [-0.15, -0.1) is 0 Å². The van der Waals surface area contributed by atoms with Gasteiger partial charge in [0.05, 0.1) is 10.3 Å². The third kappa shape index (κ3) is 2.82. The summed E-state index contributed by atoms with van der Waals surface area (Å²) in [7, 11) is -3.72. The second-order valence-electron chi connectivity index (χ2n) is 5.17. The van der Waals surface area contributed by atoms with Crippen LogP contribution in [0.5, 0.6) is 0 Å². The van der Waals surface area contributed by atoms with E-state index >= 15 is 0 Å². The first-order valence-electron chi connectivity index (χ1n) is 6.26. The summed E-state index contributed by atoms with van der Waals surface area (Å²) in [4.78, 5) is 11.3. The molecule has 0 aromatic heterocycles. The van der Waals surface area contributed by atoms with Crippen molar-refractivity contribution < 1.29 is 18.3 Å². The van der Waals surface area contributed by atoms with E-state index < -0.39 is 21.4 Å². The highest BCUT2D eigenvalue weighted by Crippen LogP contribution is 2.40. The zero-order chi connectivity index (χ0) is 15.0. The van der Waals surface area contributed by atoms with Gasteiger partial charge in [-0.3, -0.25) is 4.79 Å². The molecule has 1 aliphatic rings. The van der Waals surface area contributed by atoms with Crippen LogP contribution in [0.2, 0.25) is 5.02 Å². The molecule has 0 amide bonds. The van der Waals surface area contributed by atoms with Gasteiger partial charge < -0.3 is 5.11 Å².